The molecular formula is C59H42N2. The molecule has 0 N–H and O–H groups in total. The molecule has 1 heterocycles. The molecule has 10 aromatic carbocycles. The maximum atomic E-state index is 2.46. The largest absolute Gasteiger partial charge is 0.311 e. The molecule has 0 bridgehead atoms. The van der Waals surface area contributed by atoms with Crippen molar-refractivity contribution in [3.05, 3.63) is 230 Å². The number of aromatic nitrogens is 1. The van der Waals surface area contributed by atoms with Gasteiger partial charge in [-0.25, -0.2) is 0 Å². The number of anilines is 3. The molecule has 0 amide bonds. The summed E-state index contributed by atoms with van der Waals surface area (Å²) >= 11 is 0. The molecule has 1 aromatic heterocycles. The summed E-state index contributed by atoms with van der Waals surface area (Å²) in [6.45, 7) is 4.73. The van der Waals surface area contributed by atoms with Crippen LogP contribution in [0.4, 0.5) is 17.1 Å². The summed E-state index contributed by atoms with van der Waals surface area (Å²) in [5, 5.41) is 7.58. The van der Waals surface area contributed by atoms with Gasteiger partial charge in [0, 0.05) is 38.9 Å². The van der Waals surface area contributed by atoms with E-state index < -0.39 is 0 Å². The number of para-hydroxylation sites is 3. The van der Waals surface area contributed by atoms with Crippen molar-refractivity contribution in [2.24, 2.45) is 0 Å². The third kappa shape index (κ3) is 5.42. The minimum absolute atomic E-state index is 0.0722. The lowest BCUT2D eigenvalue weighted by molar-refractivity contribution is 0.660. The molecule has 0 saturated heterocycles. The van der Waals surface area contributed by atoms with Gasteiger partial charge in [-0.2, -0.15) is 0 Å². The normalized spacial score (nSPS) is 12.9. The van der Waals surface area contributed by atoms with Crippen LogP contribution in [0.25, 0.3) is 82.4 Å². The minimum atomic E-state index is -0.0722. The Labute approximate surface area is 356 Å². The monoisotopic (exact) mass is 778 g/mol. The van der Waals surface area contributed by atoms with Gasteiger partial charge in [0.05, 0.1) is 11.0 Å². The van der Waals surface area contributed by atoms with Crippen molar-refractivity contribution in [2.45, 2.75) is 19.3 Å². The van der Waals surface area contributed by atoms with Crippen LogP contribution in [0.5, 0.6) is 0 Å². The highest BCUT2D eigenvalue weighted by Gasteiger charge is 2.35. The second-order valence-electron chi connectivity index (χ2n) is 16.9. The summed E-state index contributed by atoms with van der Waals surface area (Å²) in [5.41, 5.74) is 17.3. The van der Waals surface area contributed by atoms with Gasteiger partial charge in [0.2, 0.25) is 0 Å². The van der Waals surface area contributed by atoms with Crippen molar-refractivity contribution in [2.75, 3.05) is 4.90 Å². The zero-order chi connectivity index (χ0) is 40.7. The summed E-state index contributed by atoms with van der Waals surface area (Å²) in [5.74, 6) is 0. The highest BCUT2D eigenvalue weighted by atomic mass is 15.1. The molecule has 288 valence electrons. The molecule has 0 saturated carbocycles. The van der Waals surface area contributed by atoms with Gasteiger partial charge >= 0.3 is 0 Å². The third-order valence-electron chi connectivity index (χ3n) is 13.2. The molecular weight excluding hydrogens is 737 g/mol. The molecule has 2 heteroatoms. The van der Waals surface area contributed by atoms with Crippen molar-refractivity contribution in [3.8, 4) is 39.1 Å². The van der Waals surface area contributed by atoms with Gasteiger partial charge in [-0.3, -0.25) is 0 Å². The van der Waals surface area contributed by atoms with Crippen molar-refractivity contribution in [3.63, 3.8) is 0 Å². The highest BCUT2D eigenvalue weighted by Crippen LogP contribution is 2.51. The first kappa shape index (κ1) is 35.3. The predicted molar refractivity (Wildman–Crippen MR) is 259 cm³/mol. The Hall–Kier alpha value is -7.68. The van der Waals surface area contributed by atoms with Crippen LogP contribution < -0.4 is 4.90 Å². The van der Waals surface area contributed by atoms with Crippen molar-refractivity contribution in [1.82, 2.24) is 4.57 Å². The van der Waals surface area contributed by atoms with E-state index in [0.29, 0.717) is 0 Å². The van der Waals surface area contributed by atoms with Gasteiger partial charge in [0.15, 0.2) is 0 Å². The number of benzene rings is 10. The zero-order valence-electron chi connectivity index (χ0n) is 34.2. The molecule has 0 fully saturated rings. The quantitative estimate of drug-likeness (QED) is 0.153. The Bertz CT molecular complexity index is 3370. The van der Waals surface area contributed by atoms with Crippen LogP contribution in [0.2, 0.25) is 0 Å². The van der Waals surface area contributed by atoms with E-state index in [9.17, 15) is 0 Å². The fourth-order valence-electron chi connectivity index (χ4n) is 10.4. The lowest BCUT2D eigenvalue weighted by atomic mass is 9.80. The lowest BCUT2D eigenvalue weighted by Gasteiger charge is -2.26. The first-order valence-corrected chi connectivity index (χ1v) is 21.3. The molecule has 0 aliphatic heterocycles. The van der Waals surface area contributed by atoms with Crippen molar-refractivity contribution >= 4 is 60.4 Å². The molecule has 2 nitrogen and oxygen atoms in total. The molecule has 0 unspecified atom stereocenters. The van der Waals surface area contributed by atoms with Crippen molar-refractivity contribution < 1.29 is 0 Å². The van der Waals surface area contributed by atoms with E-state index in [4.69, 9.17) is 0 Å². The van der Waals surface area contributed by atoms with E-state index >= 15 is 0 Å². The summed E-state index contributed by atoms with van der Waals surface area (Å²) in [7, 11) is 0. The van der Waals surface area contributed by atoms with E-state index in [1.54, 1.807) is 0 Å². The summed E-state index contributed by atoms with van der Waals surface area (Å²) < 4.78 is 2.38. The van der Waals surface area contributed by atoms with Crippen LogP contribution in [0.1, 0.15) is 25.0 Å². The number of hydrogen-bond acceptors (Lipinski definition) is 1. The minimum Gasteiger partial charge on any atom is -0.311 e. The fourth-order valence-corrected chi connectivity index (χ4v) is 10.4. The second-order valence-corrected chi connectivity index (χ2v) is 16.9. The molecule has 0 spiro atoms. The Morgan fingerprint density at radius 2 is 0.770 bits per heavy atom. The molecule has 61 heavy (non-hydrogen) atoms. The van der Waals surface area contributed by atoms with Gasteiger partial charge in [0.25, 0.3) is 0 Å². The van der Waals surface area contributed by atoms with Crippen LogP contribution in [0.15, 0.2) is 218 Å². The standard InChI is InChI=1S/C59H42N2/c1-59(2)53-25-13-10-18-45(53)46-37-30-40(38-54(46)59)58-51-23-8-6-21-49(51)57(50-22-7-9-24-52(50)58)39-28-31-42(32-29-39)60(41-16-4-3-5-17-41)43-33-35-44(36-34-43)61-55-26-14-11-19-47(55)48-20-12-15-27-56(48)61/h3-38H,1-2H3. The fraction of sp³-hybridized carbons (Fsp3) is 0.0508. The number of rotatable bonds is 6. The smallest absolute Gasteiger partial charge is 0.0541 e. The first-order valence-electron chi connectivity index (χ1n) is 21.3. The third-order valence-corrected chi connectivity index (χ3v) is 13.2. The van der Waals surface area contributed by atoms with Gasteiger partial charge < -0.3 is 9.47 Å². The van der Waals surface area contributed by atoms with Crippen LogP contribution in [-0.4, -0.2) is 4.57 Å². The van der Waals surface area contributed by atoms with Gasteiger partial charge in [-0.05, 0) is 133 Å². The van der Waals surface area contributed by atoms with E-state index in [0.717, 1.165) is 22.7 Å². The van der Waals surface area contributed by atoms with Gasteiger partial charge in [-0.1, -0.05) is 166 Å². The Balaban J connectivity index is 0.968. The Morgan fingerprint density at radius 1 is 0.344 bits per heavy atom. The molecule has 0 radical (unpaired) electrons. The Morgan fingerprint density at radius 3 is 1.36 bits per heavy atom. The molecule has 1 aliphatic carbocycles. The van der Waals surface area contributed by atoms with Gasteiger partial charge in [0.1, 0.15) is 0 Å². The zero-order valence-corrected chi connectivity index (χ0v) is 34.2. The maximum Gasteiger partial charge on any atom is 0.0541 e. The van der Waals surface area contributed by atoms with E-state index in [1.165, 1.54) is 87.9 Å². The number of nitrogens with zero attached hydrogens (tertiary/aromatic N) is 2. The summed E-state index contributed by atoms with van der Waals surface area (Å²) in [6.07, 6.45) is 0. The first-order chi connectivity index (χ1) is 30.0. The maximum absolute atomic E-state index is 2.46. The van der Waals surface area contributed by atoms with Crippen LogP contribution in [-0.2, 0) is 5.41 Å². The second kappa shape index (κ2) is 13.7. The van der Waals surface area contributed by atoms with Crippen molar-refractivity contribution in [1.29, 1.82) is 0 Å². The average Bonchev–Trinajstić information content (AvgIpc) is 3.77. The average molecular weight is 779 g/mol. The summed E-state index contributed by atoms with van der Waals surface area (Å²) in [4.78, 5) is 2.35. The topological polar surface area (TPSA) is 8.17 Å². The van der Waals surface area contributed by atoms with E-state index in [2.05, 4.69) is 242 Å². The molecule has 11 aromatic rings. The predicted octanol–water partition coefficient (Wildman–Crippen LogP) is 16.2. The molecule has 1 aliphatic rings. The number of hydrogen-bond donors (Lipinski definition) is 0. The SMILES string of the molecule is CC1(C)c2ccccc2-c2ccc(-c3c4ccccc4c(-c4ccc(N(c5ccccc5)c5ccc(-n6c7ccccc7c7ccccc76)cc5)cc4)c4ccccc34)cc21. The van der Waals surface area contributed by atoms with Crippen LogP contribution in [0.3, 0.4) is 0 Å². The van der Waals surface area contributed by atoms with Crippen LogP contribution in [0, 0.1) is 0 Å². The van der Waals surface area contributed by atoms with Gasteiger partial charge in [-0.15, -0.1) is 0 Å². The molecule has 12 rings (SSSR count). The number of fused-ring (bicyclic) bond motifs is 8. The lowest BCUT2D eigenvalue weighted by Crippen LogP contribution is -2.14. The van der Waals surface area contributed by atoms with E-state index in [-0.39, 0.29) is 5.41 Å². The Kier molecular flexibility index (Phi) is 7.92. The van der Waals surface area contributed by atoms with E-state index in [1.807, 2.05) is 0 Å². The summed E-state index contributed by atoms with van der Waals surface area (Å²) in [6, 6.07) is 80.2. The molecule has 0 atom stereocenters. The highest BCUT2D eigenvalue weighted by molar-refractivity contribution is 6.21. The van der Waals surface area contributed by atoms with Crippen LogP contribution >= 0.6 is 0 Å².